The van der Waals surface area contributed by atoms with Crippen LogP contribution in [0.5, 0.6) is 5.75 Å². The van der Waals surface area contributed by atoms with Gasteiger partial charge in [0.2, 0.25) is 0 Å². The third-order valence-corrected chi connectivity index (χ3v) is 4.09. The average molecular weight is 404 g/mol. The van der Waals surface area contributed by atoms with E-state index in [4.69, 9.17) is 14.2 Å². The summed E-state index contributed by atoms with van der Waals surface area (Å²) in [5.41, 5.74) is 1.78. The molecule has 0 saturated carbocycles. The molecular formula is C23H33NO5. The van der Waals surface area contributed by atoms with E-state index in [1.807, 2.05) is 31.2 Å². The molecule has 0 bridgehead atoms. The summed E-state index contributed by atoms with van der Waals surface area (Å²) in [7, 11) is 0. The molecule has 0 atom stereocenters. The topological polar surface area (TPSA) is 73.9 Å². The van der Waals surface area contributed by atoms with Crippen LogP contribution in [-0.4, -0.2) is 37.8 Å². The molecule has 6 nitrogen and oxygen atoms in total. The summed E-state index contributed by atoms with van der Waals surface area (Å²) in [6, 6.07) is 7.94. The first-order valence-electron chi connectivity index (χ1n) is 9.98. The Balaban J connectivity index is 2.54. The van der Waals surface area contributed by atoms with Crippen molar-refractivity contribution in [3.05, 3.63) is 48.6 Å². The predicted octanol–water partition coefficient (Wildman–Crippen LogP) is 4.66. The van der Waals surface area contributed by atoms with Crippen molar-refractivity contribution >= 4 is 17.6 Å². The number of benzene rings is 1. The van der Waals surface area contributed by atoms with Gasteiger partial charge in [-0.25, -0.2) is 9.59 Å². The van der Waals surface area contributed by atoms with Gasteiger partial charge in [0.25, 0.3) is 0 Å². The van der Waals surface area contributed by atoms with Gasteiger partial charge in [-0.1, -0.05) is 13.2 Å². The highest BCUT2D eigenvalue weighted by atomic mass is 16.5. The van der Waals surface area contributed by atoms with Gasteiger partial charge >= 0.3 is 11.9 Å². The molecule has 0 unspecified atom stereocenters. The molecule has 0 aromatic heterocycles. The van der Waals surface area contributed by atoms with Gasteiger partial charge in [0.05, 0.1) is 19.8 Å². The fraction of sp³-hybridized carbons (Fsp3) is 0.478. The SMILES string of the molecule is C=C(C)C(=O)OCCCC(CCCOC(=O)C(=C)C)Nc1ccc(OCC)cc1. The predicted molar refractivity (Wildman–Crippen MR) is 115 cm³/mol. The monoisotopic (exact) mass is 403 g/mol. The minimum absolute atomic E-state index is 0.153. The van der Waals surface area contributed by atoms with Crippen LogP contribution in [0.15, 0.2) is 48.6 Å². The molecule has 160 valence electrons. The molecule has 0 fully saturated rings. The Hall–Kier alpha value is -2.76. The molecule has 1 aromatic carbocycles. The Labute approximate surface area is 173 Å². The smallest absolute Gasteiger partial charge is 0.333 e. The zero-order chi connectivity index (χ0) is 21.6. The number of carbonyl (C=O) groups excluding carboxylic acids is 2. The first kappa shape index (κ1) is 24.3. The van der Waals surface area contributed by atoms with E-state index in [9.17, 15) is 9.59 Å². The van der Waals surface area contributed by atoms with E-state index < -0.39 is 0 Å². The van der Waals surface area contributed by atoms with Gasteiger partial charge in [0.15, 0.2) is 0 Å². The number of hydrogen-bond donors (Lipinski definition) is 1. The molecule has 0 saturated heterocycles. The molecule has 1 rings (SSSR count). The van der Waals surface area contributed by atoms with Crippen molar-refractivity contribution in [2.24, 2.45) is 0 Å². The van der Waals surface area contributed by atoms with E-state index in [0.29, 0.717) is 31.0 Å². The molecule has 0 heterocycles. The van der Waals surface area contributed by atoms with Crippen LogP contribution in [0, 0.1) is 0 Å². The van der Waals surface area contributed by atoms with Crippen molar-refractivity contribution in [3.8, 4) is 5.75 Å². The van der Waals surface area contributed by atoms with Crippen LogP contribution in [-0.2, 0) is 19.1 Å². The molecule has 0 radical (unpaired) electrons. The van der Waals surface area contributed by atoms with Crippen LogP contribution < -0.4 is 10.1 Å². The maximum atomic E-state index is 11.5. The molecule has 0 aliphatic rings. The first-order chi connectivity index (χ1) is 13.8. The van der Waals surface area contributed by atoms with Gasteiger partial charge in [0, 0.05) is 22.9 Å². The van der Waals surface area contributed by atoms with E-state index in [2.05, 4.69) is 18.5 Å². The van der Waals surface area contributed by atoms with Crippen molar-refractivity contribution in [2.45, 2.75) is 52.5 Å². The van der Waals surface area contributed by atoms with Gasteiger partial charge in [-0.15, -0.1) is 0 Å². The summed E-state index contributed by atoms with van der Waals surface area (Å²) in [4.78, 5) is 23.0. The minimum atomic E-state index is -0.368. The lowest BCUT2D eigenvalue weighted by Crippen LogP contribution is -2.21. The highest BCUT2D eigenvalue weighted by Gasteiger charge is 2.11. The number of esters is 2. The zero-order valence-electron chi connectivity index (χ0n) is 17.8. The van der Waals surface area contributed by atoms with Crippen molar-refractivity contribution < 1.29 is 23.8 Å². The molecule has 0 amide bonds. The van der Waals surface area contributed by atoms with Crippen LogP contribution in [0.1, 0.15) is 46.5 Å². The van der Waals surface area contributed by atoms with E-state index in [1.165, 1.54) is 0 Å². The number of anilines is 1. The maximum Gasteiger partial charge on any atom is 0.333 e. The average Bonchev–Trinajstić information content (AvgIpc) is 2.69. The molecular weight excluding hydrogens is 370 g/mol. The van der Waals surface area contributed by atoms with Crippen LogP contribution in [0.3, 0.4) is 0 Å². The summed E-state index contributed by atoms with van der Waals surface area (Å²) in [6.07, 6.45) is 3.06. The van der Waals surface area contributed by atoms with Crippen LogP contribution >= 0.6 is 0 Å². The number of ether oxygens (including phenoxy) is 3. The maximum absolute atomic E-state index is 11.5. The first-order valence-corrected chi connectivity index (χ1v) is 9.98. The number of hydrogen-bond acceptors (Lipinski definition) is 6. The fourth-order valence-electron chi connectivity index (χ4n) is 2.57. The van der Waals surface area contributed by atoms with Gasteiger partial charge in [-0.3, -0.25) is 0 Å². The second kappa shape index (κ2) is 13.4. The van der Waals surface area contributed by atoms with E-state index >= 15 is 0 Å². The van der Waals surface area contributed by atoms with Crippen LogP contribution in [0.4, 0.5) is 5.69 Å². The Morgan fingerprint density at radius 1 is 0.931 bits per heavy atom. The summed E-state index contributed by atoms with van der Waals surface area (Å²) < 4.78 is 15.8. The molecule has 0 aliphatic carbocycles. The molecule has 1 N–H and O–H groups in total. The minimum Gasteiger partial charge on any atom is -0.494 e. The van der Waals surface area contributed by atoms with Gasteiger partial charge in [-0.2, -0.15) is 0 Å². The van der Waals surface area contributed by atoms with Crippen LogP contribution in [0.25, 0.3) is 0 Å². The fourth-order valence-corrected chi connectivity index (χ4v) is 2.57. The highest BCUT2D eigenvalue weighted by molar-refractivity contribution is 5.87. The zero-order valence-corrected chi connectivity index (χ0v) is 17.8. The summed E-state index contributed by atoms with van der Waals surface area (Å²) in [6.45, 7) is 13.7. The standard InChI is InChI=1S/C23H33NO5/c1-6-27-21-13-11-20(12-14-21)24-19(9-7-15-28-22(25)17(2)3)10-8-16-29-23(26)18(4)5/h11-14,19,24H,2,4,6-10,15-16H2,1,3,5H3. The van der Waals surface area contributed by atoms with E-state index in [1.54, 1.807) is 13.8 Å². The van der Waals surface area contributed by atoms with Gasteiger partial charge in [-0.05, 0) is 70.7 Å². The second-order valence-electron chi connectivity index (χ2n) is 6.92. The van der Waals surface area contributed by atoms with Crippen molar-refractivity contribution in [2.75, 3.05) is 25.1 Å². The van der Waals surface area contributed by atoms with Crippen LogP contribution in [0.2, 0.25) is 0 Å². The molecule has 6 heteroatoms. The van der Waals surface area contributed by atoms with Gasteiger partial charge in [0.1, 0.15) is 5.75 Å². The lowest BCUT2D eigenvalue weighted by molar-refractivity contribution is -0.139. The van der Waals surface area contributed by atoms with E-state index in [-0.39, 0.29) is 18.0 Å². The molecule has 0 spiro atoms. The lowest BCUT2D eigenvalue weighted by Gasteiger charge is -2.20. The van der Waals surface area contributed by atoms with E-state index in [0.717, 1.165) is 37.1 Å². The second-order valence-corrected chi connectivity index (χ2v) is 6.92. The summed E-state index contributed by atoms with van der Waals surface area (Å²) in [5.74, 6) is 0.0912. The Kier molecular flexibility index (Phi) is 11.2. The Bertz CT molecular complexity index is 647. The summed E-state index contributed by atoms with van der Waals surface area (Å²) in [5, 5.41) is 3.50. The lowest BCUT2D eigenvalue weighted by atomic mass is 10.1. The third kappa shape index (κ3) is 10.4. The molecule has 0 aliphatic heterocycles. The van der Waals surface area contributed by atoms with Crippen molar-refractivity contribution in [3.63, 3.8) is 0 Å². The van der Waals surface area contributed by atoms with Crippen molar-refractivity contribution in [1.82, 2.24) is 0 Å². The Morgan fingerprint density at radius 3 is 1.83 bits per heavy atom. The number of rotatable bonds is 14. The largest absolute Gasteiger partial charge is 0.494 e. The van der Waals surface area contributed by atoms with Gasteiger partial charge < -0.3 is 19.5 Å². The normalized spacial score (nSPS) is 10.3. The number of nitrogens with one attached hydrogen (secondary N) is 1. The third-order valence-electron chi connectivity index (χ3n) is 4.09. The quantitative estimate of drug-likeness (QED) is 0.277. The molecule has 1 aromatic rings. The highest BCUT2D eigenvalue weighted by Crippen LogP contribution is 2.19. The Morgan fingerprint density at radius 2 is 1.41 bits per heavy atom. The number of carbonyl (C=O) groups is 2. The summed E-state index contributed by atoms with van der Waals surface area (Å²) >= 11 is 0. The molecule has 29 heavy (non-hydrogen) atoms. The van der Waals surface area contributed by atoms with Crippen molar-refractivity contribution in [1.29, 1.82) is 0 Å².